The lowest BCUT2D eigenvalue weighted by molar-refractivity contribution is 0.0755. The van der Waals surface area contributed by atoms with E-state index in [1.54, 1.807) is 23.5 Å². The predicted octanol–water partition coefficient (Wildman–Crippen LogP) is 4.81. The molecule has 2 aromatic carbocycles. The quantitative estimate of drug-likeness (QED) is 0.284. The fraction of sp³-hybridized carbons (Fsp3) is 0.400. The molecular formula is C30H39N3O3S. The van der Waals surface area contributed by atoms with Gasteiger partial charge in [-0.25, -0.2) is 0 Å². The molecule has 3 aromatic rings. The van der Waals surface area contributed by atoms with Crippen LogP contribution in [0.3, 0.4) is 0 Å². The van der Waals surface area contributed by atoms with Crippen LogP contribution < -0.4 is 10.6 Å². The molecule has 1 aromatic heterocycles. The normalized spacial score (nSPS) is 12.6. The first-order valence-electron chi connectivity index (χ1n) is 13.1. The van der Waals surface area contributed by atoms with E-state index >= 15 is 0 Å². The minimum Gasteiger partial charge on any atom is -0.390 e. The molecule has 1 heterocycles. The Hall–Kier alpha value is -3.00. The second-order valence-corrected chi connectivity index (χ2v) is 10.3. The maximum atomic E-state index is 13.4. The van der Waals surface area contributed by atoms with Gasteiger partial charge in [0.25, 0.3) is 11.8 Å². The molecule has 0 aliphatic rings. The predicted molar refractivity (Wildman–Crippen MR) is 151 cm³/mol. The molecule has 6 nitrogen and oxygen atoms in total. The monoisotopic (exact) mass is 521 g/mol. The highest BCUT2D eigenvalue weighted by atomic mass is 32.1. The molecule has 3 N–H and O–H groups in total. The van der Waals surface area contributed by atoms with Gasteiger partial charge in [0, 0.05) is 37.3 Å². The topological polar surface area (TPSA) is 81.7 Å². The average Bonchev–Trinajstić information content (AvgIpc) is 3.41. The molecule has 0 bridgehead atoms. The van der Waals surface area contributed by atoms with Crippen molar-refractivity contribution in [2.75, 3.05) is 19.6 Å². The maximum absolute atomic E-state index is 13.4. The summed E-state index contributed by atoms with van der Waals surface area (Å²) in [7, 11) is 0. The molecule has 0 unspecified atom stereocenters. The van der Waals surface area contributed by atoms with Gasteiger partial charge in [-0.05, 0) is 77.9 Å². The van der Waals surface area contributed by atoms with Crippen molar-refractivity contribution < 1.29 is 14.7 Å². The standard InChI is InChI=1S/C30H39N3O3S/c1-4-12-33(13-5-2)30(36)26-16-22(3)15-25(18-26)29(35)32-27(17-24-11-14-37-21-24)28(34)20-31-19-23-9-7-6-8-10-23/h6-11,14-16,18,21,27-28,31,34H,4-5,12-13,17,19-20H2,1-3H3,(H,32,35)/t27-,28+/m0/s1. The van der Waals surface area contributed by atoms with Gasteiger partial charge in [0.1, 0.15) is 0 Å². The number of amides is 2. The number of thiophene rings is 1. The molecule has 2 atom stereocenters. The molecule has 0 fully saturated rings. The Balaban J connectivity index is 1.73. The van der Waals surface area contributed by atoms with Gasteiger partial charge < -0.3 is 20.6 Å². The van der Waals surface area contributed by atoms with Crippen LogP contribution in [-0.4, -0.2) is 53.6 Å². The van der Waals surface area contributed by atoms with E-state index in [0.29, 0.717) is 43.7 Å². The second kappa shape index (κ2) is 14.7. The summed E-state index contributed by atoms with van der Waals surface area (Å²) in [6.45, 7) is 8.34. The lowest BCUT2D eigenvalue weighted by Gasteiger charge is -2.25. The van der Waals surface area contributed by atoms with Gasteiger partial charge >= 0.3 is 0 Å². The van der Waals surface area contributed by atoms with Crippen LogP contribution in [-0.2, 0) is 13.0 Å². The van der Waals surface area contributed by atoms with E-state index in [9.17, 15) is 14.7 Å². The van der Waals surface area contributed by atoms with Gasteiger partial charge in [-0.3, -0.25) is 9.59 Å². The highest BCUT2D eigenvalue weighted by Gasteiger charge is 2.24. The van der Waals surface area contributed by atoms with Gasteiger partial charge in [-0.1, -0.05) is 44.2 Å². The van der Waals surface area contributed by atoms with Crippen molar-refractivity contribution >= 4 is 23.2 Å². The summed E-state index contributed by atoms with van der Waals surface area (Å²) >= 11 is 1.59. The summed E-state index contributed by atoms with van der Waals surface area (Å²) < 4.78 is 0. The zero-order valence-corrected chi connectivity index (χ0v) is 22.9. The number of aliphatic hydroxyl groups excluding tert-OH is 1. The van der Waals surface area contributed by atoms with Crippen molar-refractivity contribution in [1.29, 1.82) is 0 Å². The number of rotatable bonds is 14. The molecule has 0 spiro atoms. The fourth-order valence-corrected chi connectivity index (χ4v) is 5.06. The van der Waals surface area contributed by atoms with Gasteiger partial charge in [0.2, 0.25) is 0 Å². The zero-order valence-electron chi connectivity index (χ0n) is 22.1. The Labute approximate surface area is 224 Å². The number of hydrogen-bond donors (Lipinski definition) is 3. The summed E-state index contributed by atoms with van der Waals surface area (Å²) in [5.41, 5.74) is 3.99. The van der Waals surface area contributed by atoms with Crippen molar-refractivity contribution in [3.63, 3.8) is 0 Å². The highest BCUT2D eigenvalue weighted by Crippen LogP contribution is 2.16. The van der Waals surface area contributed by atoms with Crippen LogP contribution in [0.5, 0.6) is 0 Å². The summed E-state index contributed by atoms with van der Waals surface area (Å²) in [6.07, 6.45) is 1.49. The number of aryl methyl sites for hydroxylation is 1. The number of carbonyl (C=O) groups excluding carboxylic acids is 2. The molecular weight excluding hydrogens is 482 g/mol. The molecule has 7 heteroatoms. The smallest absolute Gasteiger partial charge is 0.253 e. The molecule has 0 radical (unpaired) electrons. The van der Waals surface area contributed by atoms with E-state index in [-0.39, 0.29) is 11.8 Å². The summed E-state index contributed by atoms with van der Waals surface area (Å²) in [6, 6.07) is 16.8. The van der Waals surface area contributed by atoms with Gasteiger partial charge in [0.15, 0.2) is 0 Å². The molecule has 2 amide bonds. The minimum absolute atomic E-state index is 0.0542. The third-order valence-electron chi connectivity index (χ3n) is 6.20. The number of benzene rings is 2. The Morgan fingerprint density at radius 2 is 1.68 bits per heavy atom. The lowest BCUT2D eigenvalue weighted by Crippen LogP contribution is -2.48. The molecule has 198 valence electrons. The Bertz CT molecular complexity index is 1110. The number of nitrogens with one attached hydrogen (secondary N) is 2. The number of hydrogen-bond acceptors (Lipinski definition) is 5. The number of aliphatic hydroxyl groups is 1. The lowest BCUT2D eigenvalue weighted by atomic mass is 10.0. The maximum Gasteiger partial charge on any atom is 0.253 e. The second-order valence-electron chi connectivity index (χ2n) is 9.48. The van der Waals surface area contributed by atoms with Gasteiger partial charge in [-0.15, -0.1) is 0 Å². The van der Waals surface area contributed by atoms with E-state index in [1.807, 2.05) is 65.0 Å². The summed E-state index contributed by atoms with van der Waals surface area (Å²) in [4.78, 5) is 28.4. The van der Waals surface area contributed by atoms with E-state index < -0.39 is 12.1 Å². The van der Waals surface area contributed by atoms with Crippen LogP contribution in [0, 0.1) is 6.92 Å². The first-order valence-corrected chi connectivity index (χ1v) is 14.0. The van der Waals surface area contributed by atoms with Crippen LogP contribution in [0.4, 0.5) is 0 Å². The Morgan fingerprint density at radius 3 is 2.32 bits per heavy atom. The molecule has 0 aliphatic heterocycles. The molecule has 37 heavy (non-hydrogen) atoms. The van der Waals surface area contributed by atoms with E-state index in [0.717, 1.165) is 29.5 Å². The third kappa shape index (κ3) is 8.81. The van der Waals surface area contributed by atoms with Crippen molar-refractivity contribution in [2.24, 2.45) is 0 Å². The van der Waals surface area contributed by atoms with Crippen LogP contribution in [0.25, 0.3) is 0 Å². The number of nitrogens with zero attached hydrogens (tertiary/aromatic N) is 1. The van der Waals surface area contributed by atoms with Gasteiger partial charge in [0.05, 0.1) is 12.1 Å². The summed E-state index contributed by atoms with van der Waals surface area (Å²) in [5, 5.41) is 21.4. The van der Waals surface area contributed by atoms with E-state index in [4.69, 9.17) is 0 Å². The molecule has 0 saturated heterocycles. The van der Waals surface area contributed by atoms with E-state index in [2.05, 4.69) is 24.5 Å². The van der Waals surface area contributed by atoms with Crippen molar-refractivity contribution in [1.82, 2.24) is 15.5 Å². The Kier molecular flexibility index (Phi) is 11.3. The van der Waals surface area contributed by atoms with Gasteiger partial charge in [-0.2, -0.15) is 11.3 Å². The van der Waals surface area contributed by atoms with Crippen molar-refractivity contribution in [3.8, 4) is 0 Å². The first kappa shape index (κ1) is 28.6. The van der Waals surface area contributed by atoms with E-state index in [1.165, 1.54) is 0 Å². The molecule has 3 rings (SSSR count). The fourth-order valence-electron chi connectivity index (χ4n) is 4.38. The first-order chi connectivity index (χ1) is 17.9. The van der Waals surface area contributed by atoms with Crippen LogP contribution in [0.2, 0.25) is 0 Å². The molecule has 0 aliphatic carbocycles. The van der Waals surface area contributed by atoms with Crippen molar-refractivity contribution in [2.45, 2.75) is 58.7 Å². The Morgan fingerprint density at radius 1 is 0.973 bits per heavy atom. The highest BCUT2D eigenvalue weighted by molar-refractivity contribution is 7.07. The summed E-state index contributed by atoms with van der Waals surface area (Å²) in [5.74, 6) is -0.348. The minimum atomic E-state index is -0.789. The van der Waals surface area contributed by atoms with Crippen LogP contribution >= 0.6 is 11.3 Å². The SMILES string of the molecule is CCCN(CCC)C(=O)c1cc(C)cc(C(=O)N[C@@H](Cc2ccsc2)[C@H](O)CNCc2ccccc2)c1. The van der Waals surface area contributed by atoms with Crippen LogP contribution in [0.1, 0.15) is 64.1 Å². The number of carbonyl (C=O) groups is 2. The zero-order chi connectivity index (χ0) is 26.6. The largest absolute Gasteiger partial charge is 0.390 e. The van der Waals surface area contributed by atoms with Crippen LogP contribution in [0.15, 0.2) is 65.4 Å². The van der Waals surface area contributed by atoms with Crippen molar-refractivity contribution in [3.05, 3.63) is 93.2 Å². The molecule has 0 saturated carbocycles. The third-order valence-corrected chi connectivity index (χ3v) is 6.93. The average molecular weight is 522 g/mol.